The Morgan fingerprint density at radius 3 is 2.53 bits per heavy atom. The summed E-state index contributed by atoms with van der Waals surface area (Å²) in [6.07, 6.45) is 1.63. The topological polar surface area (TPSA) is 57.4 Å². The van der Waals surface area contributed by atoms with Crippen LogP contribution in [0.25, 0.3) is 0 Å². The molecule has 5 heteroatoms. The van der Waals surface area contributed by atoms with Crippen LogP contribution in [-0.2, 0) is 0 Å². The number of pyridine rings is 1. The van der Waals surface area contributed by atoms with Crippen molar-refractivity contribution in [3.05, 3.63) is 54.4 Å². The number of rotatable bonds is 6. The fourth-order valence-electron chi connectivity index (χ4n) is 1.52. The molecule has 0 amide bonds. The number of ether oxygens (including phenoxy) is 2. The van der Waals surface area contributed by atoms with Gasteiger partial charge in [-0.05, 0) is 24.3 Å². The predicted octanol–water partition coefficient (Wildman–Crippen LogP) is 2.17. The molecule has 19 heavy (non-hydrogen) atoms. The van der Waals surface area contributed by atoms with Crippen molar-refractivity contribution in [3.8, 4) is 11.5 Å². The molecule has 98 valence electrons. The van der Waals surface area contributed by atoms with Crippen molar-refractivity contribution in [3.63, 3.8) is 0 Å². The van der Waals surface area contributed by atoms with Crippen LogP contribution in [0.4, 0.5) is 0 Å². The van der Waals surface area contributed by atoms with Gasteiger partial charge in [0.15, 0.2) is 0 Å². The zero-order chi connectivity index (χ0) is 13.5. The minimum atomic E-state index is 0.222. The van der Waals surface area contributed by atoms with Crippen LogP contribution in [-0.4, -0.2) is 23.2 Å². The summed E-state index contributed by atoms with van der Waals surface area (Å²) in [4.78, 5) is 4.30. The normalized spacial score (nSPS) is 9.89. The average Bonchev–Trinajstić information content (AvgIpc) is 2.45. The van der Waals surface area contributed by atoms with Crippen molar-refractivity contribution in [2.24, 2.45) is 5.73 Å². The minimum absolute atomic E-state index is 0.222. The van der Waals surface area contributed by atoms with Gasteiger partial charge in [0.05, 0.1) is 0 Å². The van der Waals surface area contributed by atoms with Gasteiger partial charge in [0.1, 0.15) is 35.4 Å². The zero-order valence-corrected chi connectivity index (χ0v) is 11.1. The summed E-state index contributed by atoms with van der Waals surface area (Å²) in [7, 11) is 0. The Labute approximate surface area is 117 Å². The number of hydrogen-bond acceptors (Lipinski definition) is 4. The van der Waals surface area contributed by atoms with E-state index in [0.29, 0.717) is 24.7 Å². The van der Waals surface area contributed by atoms with Crippen LogP contribution >= 0.6 is 12.2 Å². The average molecular weight is 274 g/mol. The molecule has 0 unspecified atom stereocenters. The summed E-state index contributed by atoms with van der Waals surface area (Å²) < 4.78 is 11.1. The van der Waals surface area contributed by atoms with Gasteiger partial charge in [-0.25, -0.2) is 4.98 Å². The second-order valence-electron chi connectivity index (χ2n) is 3.72. The Bertz CT molecular complexity index is 546. The Morgan fingerprint density at radius 2 is 1.79 bits per heavy atom. The van der Waals surface area contributed by atoms with Crippen molar-refractivity contribution < 1.29 is 9.47 Å². The van der Waals surface area contributed by atoms with Gasteiger partial charge in [-0.2, -0.15) is 0 Å². The summed E-state index contributed by atoms with van der Waals surface area (Å²) in [5.41, 5.74) is 6.06. The van der Waals surface area contributed by atoms with Gasteiger partial charge in [0.2, 0.25) is 0 Å². The van der Waals surface area contributed by atoms with Crippen LogP contribution in [0, 0.1) is 0 Å². The fraction of sp³-hybridized carbons (Fsp3) is 0.143. The van der Waals surface area contributed by atoms with Gasteiger partial charge in [-0.15, -0.1) is 0 Å². The molecule has 0 aliphatic carbocycles. The van der Waals surface area contributed by atoms with Gasteiger partial charge in [0, 0.05) is 6.20 Å². The first-order valence-electron chi connectivity index (χ1n) is 5.83. The number of para-hydroxylation sites is 1. The first kappa shape index (κ1) is 13.3. The maximum absolute atomic E-state index is 5.57. The molecule has 2 aromatic rings. The first-order valence-corrected chi connectivity index (χ1v) is 6.23. The molecule has 0 saturated heterocycles. The third-order valence-corrected chi connectivity index (χ3v) is 2.55. The summed E-state index contributed by atoms with van der Waals surface area (Å²) >= 11 is 4.91. The molecule has 0 bridgehead atoms. The molecule has 4 nitrogen and oxygen atoms in total. The van der Waals surface area contributed by atoms with Crippen molar-refractivity contribution >= 4 is 17.2 Å². The SMILES string of the molecule is NC(=S)c1ncccc1OCCOc1ccccc1. The Morgan fingerprint density at radius 1 is 1.05 bits per heavy atom. The molecule has 0 fully saturated rings. The van der Waals surface area contributed by atoms with Crippen molar-refractivity contribution in [2.75, 3.05) is 13.2 Å². The van der Waals surface area contributed by atoms with E-state index in [-0.39, 0.29) is 4.99 Å². The van der Waals surface area contributed by atoms with Crippen LogP contribution in [0.15, 0.2) is 48.7 Å². The molecule has 0 aliphatic heterocycles. The summed E-state index contributed by atoms with van der Waals surface area (Å²) in [5, 5.41) is 0. The smallest absolute Gasteiger partial charge is 0.148 e. The number of benzene rings is 1. The van der Waals surface area contributed by atoms with E-state index >= 15 is 0 Å². The van der Waals surface area contributed by atoms with E-state index < -0.39 is 0 Å². The highest BCUT2D eigenvalue weighted by Crippen LogP contribution is 2.15. The molecule has 0 aliphatic rings. The molecule has 2 rings (SSSR count). The van der Waals surface area contributed by atoms with Gasteiger partial charge in [0.25, 0.3) is 0 Å². The molecule has 0 radical (unpaired) electrons. The maximum atomic E-state index is 5.57. The van der Waals surface area contributed by atoms with E-state index in [0.717, 1.165) is 5.75 Å². The lowest BCUT2D eigenvalue weighted by Gasteiger charge is -2.10. The monoisotopic (exact) mass is 274 g/mol. The second-order valence-corrected chi connectivity index (χ2v) is 4.16. The largest absolute Gasteiger partial charge is 0.490 e. The summed E-state index contributed by atoms with van der Waals surface area (Å²) in [6.45, 7) is 0.839. The number of thiocarbonyl (C=S) groups is 1. The van der Waals surface area contributed by atoms with Gasteiger partial charge < -0.3 is 15.2 Å². The molecular formula is C14H14N2O2S. The lowest BCUT2D eigenvalue weighted by molar-refractivity contribution is 0.216. The maximum Gasteiger partial charge on any atom is 0.148 e. The van der Waals surface area contributed by atoms with Gasteiger partial charge >= 0.3 is 0 Å². The van der Waals surface area contributed by atoms with Crippen LogP contribution < -0.4 is 15.2 Å². The van der Waals surface area contributed by atoms with E-state index in [9.17, 15) is 0 Å². The van der Waals surface area contributed by atoms with Crippen LogP contribution in [0.3, 0.4) is 0 Å². The van der Waals surface area contributed by atoms with Crippen LogP contribution in [0.1, 0.15) is 5.69 Å². The van der Waals surface area contributed by atoms with Gasteiger partial charge in [-0.3, -0.25) is 0 Å². The van der Waals surface area contributed by atoms with E-state index in [4.69, 9.17) is 27.4 Å². The third-order valence-electron chi connectivity index (χ3n) is 2.36. The summed E-state index contributed by atoms with van der Waals surface area (Å²) in [5.74, 6) is 1.39. The number of nitrogens with zero attached hydrogens (tertiary/aromatic N) is 1. The van der Waals surface area contributed by atoms with Crippen molar-refractivity contribution in [1.29, 1.82) is 0 Å². The molecular weight excluding hydrogens is 260 g/mol. The Hall–Kier alpha value is -2.14. The van der Waals surface area contributed by atoms with Crippen molar-refractivity contribution in [1.82, 2.24) is 4.98 Å². The molecule has 0 saturated carbocycles. The van der Waals surface area contributed by atoms with E-state index in [1.165, 1.54) is 0 Å². The number of nitrogens with two attached hydrogens (primary N) is 1. The second kappa shape index (κ2) is 6.70. The Balaban J connectivity index is 1.85. The van der Waals surface area contributed by atoms with Gasteiger partial charge in [-0.1, -0.05) is 30.4 Å². The first-order chi connectivity index (χ1) is 9.27. The van der Waals surface area contributed by atoms with Crippen molar-refractivity contribution in [2.45, 2.75) is 0 Å². The minimum Gasteiger partial charge on any atom is -0.490 e. The van der Waals surface area contributed by atoms with E-state index in [1.54, 1.807) is 18.3 Å². The van der Waals surface area contributed by atoms with Crippen LogP contribution in [0.5, 0.6) is 11.5 Å². The molecule has 1 heterocycles. The molecule has 0 atom stereocenters. The highest BCUT2D eigenvalue weighted by atomic mass is 32.1. The van der Waals surface area contributed by atoms with E-state index in [1.807, 2.05) is 30.3 Å². The Kier molecular flexibility index (Phi) is 4.69. The fourth-order valence-corrected chi connectivity index (χ4v) is 1.67. The lowest BCUT2D eigenvalue weighted by atomic mass is 10.3. The molecule has 2 N–H and O–H groups in total. The van der Waals surface area contributed by atoms with Crippen LogP contribution in [0.2, 0.25) is 0 Å². The highest BCUT2D eigenvalue weighted by molar-refractivity contribution is 7.80. The predicted molar refractivity (Wildman–Crippen MR) is 77.6 cm³/mol. The molecule has 1 aromatic heterocycles. The van der Waals surface area contributed by atoms with E-state index in [2.05, 4.69) is 4.98 Å². The number of aromatic nitrogens is 1. The molecule has 0 spiro atoms. The quantitative estimate of drug-likeness (QED) is 0.646. The zero-order valence-electron chi connectivity index (χ0n) is 10.3. The lowest BCUT2D eigenvalue weighted by Crippen LogP contribution is -2.16. The highest BCUT2D eigenvalue weighted by Gasteiger charge is 2.06. The third kappa shape index (κ3) is 3.93. The summed E-state index contributed by atoms with van der Waals surface area (Å²) in [6, 6.07) is 13.1. The molecule has 1 aromatic carbocycles. The number of hydrogen-bond donors (Lipinski definition) is 1. The standard InChI is InChI=1S/C14H14N2O2S/c15-14(19)13-12(7-4-8-16-13)18-10-9-17-11-5-2-1-3-6-11/h1-8H,9-10H2,(H2,15,19).